The van der Waals surface area contributed by atoms with Gasteiger partial charge in [-0.2, -0.15) is 0 Å². The second-order valence-electron chi connectivity index (χ2n) is 4.57. The second kappa shape index (κ2) is 5.04. The second-order valence-corrected chi connectivity index (χ2v) is 5.52. The van der Waals surface area contributed by atoms with E-state index in [9.17, 15) is 0 Å². The molecule has 4 nitrogen and oxygen atoms in total. The standard InChI is InChI=1S/C13H16N4S/c14-10-3-1-7-17(9-10)13-15-6-5-11(16-13)12-4-2-8-18-12/h2,4-6,8,10H,1,3,7,9,14H2. The molecule has 18 heavy (non-hydrogen) atoms. The first-order chi connectivity index (χ1) is 8.83. The summed E-state index contributed by atoms with van der Waals surface area (Å²) in [5, 5.41) is 2.06. The molecule has 1 aliphatic rings. The normalized spacial score (nSPS) is 20.1. The van der Waals surface area contributed by atoms with E-state index in [1.807, 2.05) is 18.3 Å². The molecule has 0 bridgehead atoms. The topological polar surface area (TPSA) is 55.0 Å². The fourth-order valence-corrected chi connectivity index (χ4v) is 2.95. The molecule has 0 amide bonds. The van der Waals surface area contributed by atoms with Crippen molar-refractivity contribution in [2.24, 2.45) is 5.73 Å². The molecule has 0 spiro atoms. The zero-order valence-electron chi connectivity index (χ0n) is 10.1. The monoisotopic (exact) mass is 260 g/mol. The third kappa shape index (κ3) is 2.37. The van der Waals surface area contributed by atoms with Gasteiger partial charge in [-0.05, 0) is 30.4 Å². The summed E-state index contributed by atoms with van der Waals surface area (Å²) in [5.41, 5.74) is 6.99. The molecule has 1 saturated heterocycles. The summed E-state index contributed by atoms with van der Waals surface area (Å²) >= 11 is 1.70. The van der Waals surface area contributed by atoms with Gasteiger partial charge in [-0.25, -0.2) is 9.97 Å². The van der Waals surface area contributed by atoms with Crippen LogP contribution in [0.15, 0.2) is 29.8 Å². The fraction of sp³-hybridized carbons (Fsp3) is 0.385. The number of piperidine rings is 1. The highest BCUT2D eigenvalue weighted by Gasteiger charge is 2.19. The van der Waals surface area contributed by atoms with Crippen molar-refractivity contribution >= 4 is 17.3 Å². The Hall–Kier alpha value is -1.46. The number of thiophene rings is 1. The van der Waals surface area contributed by atoms with Crippen LogP contribution in [0.2, 0.25) is 0 Å². The van der Waals surface area contributed by atoms with E-state index in [0.717, 1.165) is 37.6 Å². The lowest BCUT2D eigenvalue weighted by molar-refractivity contribution is 0.500. The van der Waals surface area contributed by atoms with E-state index in [1.54, 1.807) is 11.3 Å². The quantitative estimate of drug-likeness (QED) is 0.898. The molecule has 3 rings (SSSR count). The van der Waals surface area contributed by atoms with E-state index in [0.29, 0.717) is 0 Å². The van der Waals surface area contributed by atoms with E-state index in [-0.39, 0.29) is 6.04 Å². The molecule has 2 aromatic rings. The van der Waals surface area contributed by atoms with E-state index in [1.165, 1.54) is 4.88 Å². The van der Waals surface area contributed by atoms with Crippen LogP contribution in [0, 0.1) is 0 Å². The van der Waals surface area contributed by atoms with Crippen LogP contribution in [0.25, 0.3) is 10.6 Å². The van der Waals surface area contributed by atoms with Crippen LogP contribution in [0.1, 0.15) is 12.8 Å². The van der Waals surface area contributed by atoms with Gasteiger partial charge in [0.2, 0.25) is 5.95 Å². The van der Waals surface area contributed by atoms with Crippen LogP contribution in [0.5, 0.6) is 0 Å². The summed E-state index contributed by atoms with van der Waals surface area (Å²) in [4.78, 5) is 12.4. The number of aromatic nitrogens is 2. The Morgan fingerprint density at radius 1 is 1.39 bits per heavy atom. The van der Waals surface area contributed by atoms with E-state index in [2.05, 4.69) is 26.3 Å². The Kier molecular flexibility index (Phi) is 3.25. The van der Waals surface area contributed by atoms with Gasteiger partial charge in [-0.1, -0.05) is 6.07 Å². The molecule has 1 fully saturated rings. The third-order valence-electron chi connectivity index (χ3n) is 3.16. The minimum atomic E-state index is 0.243. The highest BCUT2D eigenvalue weighted by molar-refractivity contribution is 7.13. The molecule has 0 radical (unpaired) electrons. The maximum absolute atomic E-state index is 6.00. The molecule has 94 valence electrons. The summed E-state index contributed by atoms with van der Waals surface area (Å²) in [6.45, 7) is 1.86. The Bertz CT molecular complexity index is 511. The number of nitrogens with two attached hydrogens (primary N) is 1. The number of nitrogens with zero attached hydrogens (tertiary/aromatic N) is 3. The Labute approximate surface area is 110 Å². The lowest BCUT2D eigenvalue weighted by Crippen LogP contribution is -2.43. The number of anilines is 1. The zero-order chi connectivity index (χ0) is 12.4. The van der Waals surface area contributed by atoms with Crippen LogP contribution in [-0.4, -0.2) is 29.1 Å². The van der Waals surface area contributed by atoms with Gasteiger partial charge in [0.1, 0.15) is 0 Å². The molecule has 2 aromatic heterocycles. The maximum atomic E-state index is 6.00. The summed E-state index contributed by atoms with van der Waals surface area (Å²) in [5.74, 6) is 0.802. The van der Waals surface area contributed by atoms with Crippen LogP contribution in [0.3, 0.4) is 0 Å². The minimum absolute atomic E-state index is 0.243. The van der Waals surface area contributed by atoms with Crippen LogP contribution < -0.4 is 10.6 Å². The van der Waals surface area contributed by atoms with Crippen molar-refractivity contribution in [1.82, 2.24) is 9.97 Å². The molecular formula is C13H16N4S. The summed E-state index contributed by atoms with van der Waals surface area (Å²) in [6.07, 6.45) is 4.05. The van der Waals surface area contributed by atoms with Crippen molar-refractivity contribution in [1.29, 1.82) is 0 Å². The Morgan fingerprint density at radius 2 is 2.33 bits per heavy atom. The van der Waals surface area contributed by atoms with Crippen LogP contribution in [0.4, 0.5) is 5.95 Å². The van der Waals surface area contributed by atoms with Crippen molar-refractivity contribution in [3.05, 3.63) is 29.8 Å². The number of hydrogen-bond acceptors (Lipinski definition) is 5. The molecular weight excluding hydrogens is 244 g/mol. The molecule has 0 aromatic carbocycles. The highest BCUT2D eigenvalue weighted by Crippen LogP contribution is 2.24. The average Bonchev–Trinajstić information content (AvgIpc) is 2.93. The number of rotatable bonds is 2. The summed E-state index contributed by atoms with van der Waals surface area (Å²) < 4.78 is 0. The van der Waals surface area contributed by atoms with Gasteiger partial charge >= 0.3 is 0 Å². The van der Waals surface area contributed by atoms with Gasteiger partial charge in [-0.3, -0.25) is 0 Å². The largest absolute Gasteiger partial charge is 0.339 e. The molecule has 0 aliphatic carbocycles. The first-order valence-corrected chi connectivity index (χ1v) is 7.08. The third-order valence-corrected chi connectivity index (χ3v) is 4.05. The predicted molar refractivity (Wildman–Crippen MR) is 74.8 cm³/mol. The SMILES string of the molecule is NC1CCCN(c2nccc(-c3cccs3)n2)C1. The van der Waals surface area contributed by atoms with E-state index >= 15 is 0 Å². The molecule has 3 heterocycles. The van der Waals surface area contributed by atoms with Crippen molar-refractivity contribution in [3.63, 3.8) is 0 Å². The Balaban J connectivity index is 1.86. The van der Waals surface area contributed by atoms with Gasteiger partial charge in [-0.15, -0.1) is 11.3 Å². The van der Waals surface area contributed by atoms with Gasteiger partial charge in [0.05, 0.1) is 10.6 Å². The van der Waals surface area contributed by atoms with Crippen LogP contribution >= 0.6 is 11.3 Å². The molecule has 1 aliphatic heterocycles. The zero-order valence-corrected chi connectivity index (χ0v) is 10.9. The molecule has 0 saturated carbocycles. The average molecular weight is 260 g/mol. The van der Waals surface area contributed by atoms with Gasteiger partial charge in [0, 0.05) is 25.3 Å². The molecule has 1 atom stereocenters. The lowest BCUT2D eigenvalue weighted by atomic mass is 10.1. The highest BCUT2D eigenvalue weighted by atomic mass is 32.1. The van der Waals surface area contributed by atoms with Gasteiger partial charge in [0.15, 0.2) is 0 Å². The predicted octanol–water partition coefficient (Wildman–Crippen LogP) is 2.13. The van der Waals surface area contributed by atoms with Crippen molar-refractivity contribution in [2.45, 2.75) is 18.9 Å². The van der Waals surface area contributed by atoms with Crippen molar-refractivity contribution in [3.8, 4) is 10.6 Å². The van der Waals surface area contributed by atoms with E-state index in [4.69, 9.17) is 5.73 Å². The number of hydrogen-bond donors (Lipinski definition) is 1. The first kappa shape index (κ1) is 11.6. The molecule has 5 heteroatoms. The molecule has 2 N–H and O–H groups in total. The van der Waals surface area contributed by atoms with Crippen LogP contribution in [-0.2, 0) is 0 Å². The molecule has 1 unspecified atom stereocenters. The first-order valence-electron chi connectivity index (χ1n) is 6.20. The Morgan fingerprint density at radius 3 is 3.11 bits per heavy atom. The maximum Gasteiger partial charge on any atom is 0.225 e. The summed E-state index contributed by atoms with van der Waals surface area (Å²) in [6, 6.07) is 6.32. The lowest BCUT2D eigenvalue weighted by Gasteiger charge is -2.30. The van der Waals surface area contributed by atoms with Crippen molar-refractivity contribution < 1.29 is 0 Å². The minimum Gasteiger partial charge on any atom is -0.339 e. The van der Waals surface area contributed by atoms with Gasteiger partial charge in [0.25, 0.3) is 0 Å². The smallest absolute Gasteiger partial charge is 0.225 e. The fourth-order valence-electron chi connectivity index (χ4n) is 2.25. The van der Waals surface area contributed by atoms with Crippen molar-refractivity contribution in [2.75, 3.05) is 18.0 Å². The van der Waals surface area contributed by atoms with E-state index < -0.39 is 0 Å². The van der Waals surface area contributed by atoms with Gasteiger partial charge < -0.3 is 10.6 Å². The summed E-state index contributed by atoms with van der Waals surface area (Å²) in [7, 11) is 0.